The van der Waals surface area contributed by atoms with Gasteiger partial charge in [-0.2, -0.15) is 0 Å². The molecule has 140 valence electrons. The zero-order valence-electron chi connectivity index (χ0n) is 14.6. The van der Waals surface area contributed by atoms with Gasteiger partial charge in [0, 0.05) is 30.0 Å². The first-order valence-corrected chi connectivity index (χ1v) is 7.80. The van der Waals surface area contributed by atoms with Gasteiger partial charge in [-0.1, -0.05) is 0 Å². The number of nitro groups is 1. The van der Waals surface area contributed by atoms with Crippen molar-refractivity contribution in [3.63, 3.8) is 0 Å². The van der Waals surface area contributed by atoms with Gasteiger partial charge < -0.3 is 24.3 Å². The molecule has 2 aromatic carbocycles. The Bertz CT molecular complexity index is 902. The summed E-state index contributed by atoms with van der Waals surface area (Å²) in [5.41, 5.74) is 0.495. The van der Waals surface area contributed by atoms with Crippen LogP contribution in [0.1, 0.15) is 5.56 Å². The maximum absolute atomic E-state index is 12.2. The highest BCUT2D eigenvalue weighted by atomic mass is 16.7. The molecule has 1 amide bonds. The Kier molecular flexibility index (Phi) is 5.11. The number of ether oxygens (including phenoxy) is 4. The summed E-state index contributed by atoms with van der Waals surface area (Å²) in [6.45, 7) is -0.00217. The second-order valence-corrected chi connectivity index (χ2v) is 5.45. The van der Waals surface area contributed by atoms with E-state index in [0.29, 0.717) is 28.7 Å². The number of carbonyl (C=O) groups is 1. The minimum absolute atomic E-state index is 0.00217. The fourth-order valence-corrected chi connectivity index (χ4v) is 2.47. The first-order chi connectivity index (χ1) is 13.0. The number of hydrogen-bond donors (Lipinski definition) is 1. The van der Waals surface area contributed by atoms with Gasteiger partial charge in [0.25, 0.3) is 5.69 Å². The van der Waals surface area contributed by atoms with E-state index in [9.17, 15) is 14.9 Å². The number of nitro benzene ring substituents is 1. The van der Waals surface area contributed by atoms with Crippen LogP contribution in [0.4, 0.5) is 11.4 Å². The second kappa shape index (κ2) is 7.65. The smallest absolute Gasteiger partial charge is 0.280 e. The van der Waals surface area contributed by atoms with E-state index in [4.69, 9.17) is 18.9 Å². The molecule has 1 aliphatic heterocycles. The van der Waals surface area contributed by atoms with Crippen LogP contribution >= 0.6 is 0 Å². The lowest BCUT2D eigenvalue weighted by Crippen LogP contribution is -2.08. The molecule has 0 aromatic heterocycles. The highest BCUT2D eigenvalue weighted by Gasteiger charge is 2.22. The quantitative estimate of drug-likeness (QED) is 0.471. The van der Waals surface area contributed by atoms with Crippen LogP contribution in [0.3, 0.4) is 0 Å². The molecule has 0 fully saturated rings. The Morgan fingerprint density at radius 3 is 2.33 bits per heavy atom. The number of nitrogens with zero attached hydrogens (tertiary/aromatic N) is 1. The molecule has 0 radical (unpaired) electrons. The van der Waals surface area contributed by atoms with Gasteiger partial charge in [0.15, 0.2) is 11.5 Å². The molecule has 9 nitrogen and oxygen atoms in total. The normalized spacial score (nSPS) is 12.1. The van der Waals surface area contributed by atoms with Crippen LogP contribution in [0.15, 0.2) is 36.4 Å². The topological polar surface area (TPSA) is 109 Å². The number of amides is 1. The number of nitrogens with one attached hydrogen (secondary N) is 1. The van der Waals surface area contributed by atoms with E-state index in [-0.39, 0.29) is 18.0 Å². The van der Waals surface area contributed by atoms with Crippen molar-refractivity contribution in [1.82, 2.24) is 0 Å². The summed E-state index contributed by atoms with van der Waals surface area (Å²) in [5, 5.41) is 13.9. The Morgan fingerprint density at radius 2 is 1.74 bits per heavy atom. The third kappa shape index (κ3) is 4.09. The average molecular weight is 372 g/mol. The second-order valence-electron chi connectivity index (χ2n) is 5.45. The van der Waals surface area contributed by atoms with Crippen LogP contribution in [0.5, 0.6) is 23.0 Å². The van der Waals surface area contributed by atoms with Crippen LogP contribution in [-0.4, -0.2) is 31.8 Å². The van der Waals surface area contributed by atoms with Crippen molar-refractivity contribution in [3.05, 3.63) is 52.1 Å². The number of fused-ring (bicyclic) bond motifs is 1. The number of carbonyl (C=O) groups excluding carboxylic acids is 1. The Morgan fingerprint density at radius 1 is 1.11 bits per heavy atom. The Hall–Kier alpha value is -3.75. The van der Waals surface area contributed by atoms with Gasteiger partial charge >= 0.3 is 0 Å². The minimum atomic E-state index is -0.549. The van der Waals surface area contributed by atoms with Gasteiger partial charge in [-0.3, -0.25) is 14.9 Å². The predicted octanol–water partition coefficient (Wildman–Crippen LogP) is 2.99. The molecule has 0 unspecified atom stereocenters. The minimum Gasteiger partial charge on any atom is -0.497 e. The van der Waals surface area contributed by atoms with E-state index in [2.05, 4.69) is 5.32 Å². The van der Waals surface area contributed by atoms with Gasteiger partial charge in [0.1, 0.15) is 11.5 Å². The van der Waals surface area contributed by atoms with Crippen LogP contribution in [0, 0.1) is 10.1 Å². The summed E-state index contributed by atoms with van der Waals surface area (Å²) in [5.74, 6) is 1.24. The van der Waals surface area contributed by atoms with Crippen molar-refractivity contribution in [2.24, 2.45) is 0 Å². The number of anilines is 1. The van der Waals surface area contributed by atoms with E-state index in [1.165, 1.54) is 38.5 Å². The monoisotopic (exact) mass is 372 g/mol. The summed E-state index contributed by atoms with van der Waals surface area (Å²) >= 11 is 0. The van der Waals surface area contributed by atoms with Crippen LogP contribution < -0.4 is 24.3 Å². The zero-order chi connectivity index (χ0) is 19.4. The molecular weight excluding hydrogens is 356 g/mol. The van der Waals surface area contributed by atoms with Crippen molar-refractivity contribution in [1.29, 1.82) is 0 Å². The standard InChI is InChI=1S/C18H16N2O7/c1-24-13-6-12(7-14(8-13)25-2)19-18(21)4-3-11-5-16-17(27-10-26-16)9-15(11)20(22)23/h3-9H,10H2,1-2H3,(H,19,21)/b4-3+. The highest BCUT2D eigenvalue weighted by molar-refractivity contribution is 6.02. The lowest BCUT2D eigenvalue weighted by atomic mass is 10.1. The van der Waals surface area contributed by atoms with E-state index < -0.39 is 10.8 Å². The number of methoxy groups -OCH3 is 2. The van der Waals surface area contributed by atoms with Crippen molar-refractivity contribution in [2.45, 2.75) is 0 Å². The van der Waals surface area contributed by atoms with Crippen molar-refractivity contribution < 1.29 is 28.7 Å². The van der Waals surface area contributed by atoms with Gasteiger partial charge in [-0.15, -0.1) is 0 Å². The predicted molar refractivity (Wildman–Crippen MR) is 96.4 cm³/mol. The molecule has 0 saturated carbocycles. The number of hydrogen-bond acceptors (Lipinski definition) is 7. The van der Waals surface area contributed by atoms with Gasteiger partial charge in [0.2, 0.25) is 12.7 Å². The Balaban J connectivity index is 1.80. The summed E-state index contributed by atoms with van der Waals surface area (Å²) in [6, 6.07) is 7.64. The molecule has 0 spiro atoms. The number of benzene rings is 2. The Labute approximate surface area is 154 Å². The van der Waals surface area contributed by atoms with Gasteiger partial charge in [-0.05, 0) is 12.1 Å². The van der Waals surface area contributed by atoms with Crippen molar-refractivity contribution >= 4 is 23.4 Å². The van der Waals surface area contributed by atoms with Crippen molar-refractivity contribution in [2.75, 3.05) is 26.3 Å². The molecule has 0 saturated heterocycles. The third-order valence-electron chi connectivity index (χ3n) is 3.75. The summed E-state index contributed by atoms with van der Waals surface area (Å²) < 4.78 is 20.6. The first-order valence-electron chi connectivity index (χ1n) is 7.80. The van der Waals surface area contributed by atoms with E-state index >= 15 is 0 Å². The average Bonchev–Trinajstić information content (AvgIpc) is 3.12. The fraction of sp³-hybridized carbons (Fsp3) is 0.167. The zero-order valence-corrected chi connectivity index (χ0v) is 14.6. The first kappa shape index (κ1) is 18.1. The maximum Gasteiger partial charge on any atom is 0.280 e. The molecule has 1 aliphatic rings. The maximum atomic E-state index is 12.2. The molecule has 1 N–H and O–H groups in total. The molecule has 2 aromatic rings. The summed E-state index contributed by atoms with van der Waals surface area (Å²) in [4.78, 5) is 22.9. The molecule has 0 bridgehead atoms. The van der Waals surface area contributed by atoms with E-state index in [1.54, 1.807) is 18.2 Å². The SMILES string of the molecule is COc1cc(NC(=O)/C=C/c2cc3c(cc2[N+](=O)[O-])OCO3)cc(OC)c1. The molecule has 27 heavy (non-hydrogen) atoms. The van der Waals surface area contributed by atoms with Crippen molar-refractivity contribution in [3.8, 4) is 23.0 Å². The third-order valence-corrected chi connectivity index (χ3v) is 3.75. The highest BCUT2D eigenvalue weighted by Crippen LogP contribution is 2.38. The summed E-state index contributed by atoms with van der Waals surface area (Å²) in [6.07, 6.45) is 2.53. The van der Waals surface area contributed by atoms with E-state index in [1.807, 2.05) is 0 Å². The lowest BCUT2D eigenvalue weighted by molar-refractivity contribution is -0.385. The van der Waals surface area contributed by atoms with Crippen LogP contribution in [0.25, 0.3) is 6.08 Å². The number of rotatable bonds is 6. The molecule has 3 rings (SSSR count). The van der Waals surface area contributed by atoms with Crippen LogP contribution in [-0.2, 0) is 4.79 Å². The molecule has 1 heterocycles. The molecule has 0 atom stereocenters. The van der Waals surface area contributed by atoms with Crippen LogP contribution in [0.2, 0.25) is 0 Å². The fourth-order valence-electron chi connectivity index (χ4n) is 2.47. The van der Waals surface area contributed by atoms with Gasteiger partial charge in [0.05, 0.1) is 30.8 Å². The summed E-state index contributed by atoms with van der Waals surface area (Å²) in [7, 11) is 3.00. The largest absolute Gasteiger partial charge is 0.497 e. The molecular formula is C18H16N2O7. The molecule has 0 aliphatic carbocycles. The molecule has 9 heteroatoms. The van der Waals surface area contributed by atoms with Gasteiger partial charge in [-0.25, -0.2) is 0 Å². The lowest BCUT2D eigenvalue weighted by Gasteiger charge is -2.08. The van der Waals surface area contributed by atoms with E-state index in [0.717, 1.165) is 0 Å².